The Morgan fingerprint density at radius 3 is 1.81 bits per heavy atom. The first-order valence-electron chi connectivity index (χ1n) is 5.63. The van der Waals surface area contributed by atoms with E-state index in [9.17, 15) is 8.78 Å². The third-order valence-corrected chi connectivity index (χ3v) is 2.54. The first-order chi connectivity index (χ1) is 10.1. The van der Waals surface area contributed by atoms with Crippen LogP contribution in [-0.2, 0) is 0 Å². The summed E-state index contributed by atoms with van der Waals surface area (Å²) in [6, 6.07) is 11.0. The lowest BCUT2D eigenvalue weighted by Gasteiger charge is -1.93. The molecule has 4 nitrogen and oxygen atoms in total. The van der Waals surface area contributed by atoms with Crippen molar-refractivity contribution < 1.29 is 19.2 Å². The fourth-order valence-corrected chi connectivity index (χ4v) is 1.39. The van der Waals surface area contributed by atoms with Gasteiger partial charge in [-0.15, -0.1) is 0 Å². The van der Waals surface area contributed by atoms with E-state index in [1.54, 1.807) is 0 Å². The van der Waals surface area contributed by atoms with Gasteiger partial charge in [0, 0.05) is 5.56 Å². The van der Waals surface area contributed by atoms with E-state index in [0.29, 0.717) is 11.1 Å². The van der Waals surface area contributed by atoms with Gasteiger partial charge in [0.05, 0.1) is 6.21 Å². The number of hydrogen-bond donors (Lipinski definition) is 2. The van der Waals surface area contributed by atoms with Crippen molar-refractivity contribution in [2.45, 2.75) is 0 Å². The molecule has 2 aromatic rings. The summed E-state index contributed by atoms with van der Waals surface area (Å²) in [5, 5.41) is 21.8. The summed E-state index contributed by atoms with van der Waals surface area (Å²) in [5.41, 5.74) is 1.15. The third kappa shape index (κ3) is 6.01. The Morgan fingerprint density at radius 2 is 1.38 bits per heavy atom. The molecule has 0 heterocycles. The number of halogens is 3. The minimum absolute atomic E-state index is 0.0509. The highest BCUT2D eigenvalue weighted by molar-refractivity contribution is 6.69. The Balaban J connectivity index is 0.000000211. The van der Waals surface area contributed by atoms with Gasteiger partial charge in [-0.25, -0.2) is 8.78 Å². The summed E-state index contributed by atoms with van der Waals surface area (Å²) in [6.45, 7) is 0. The number of oxime groups is 2. The molecule has 110 valence electrons. The molecule has 0 radical (unpaired) electrons. The van der Waals surface area contributed by atoms with Crippen LogP contribution < -0.4 is 0 Å². The van der Waals surface area contributed by atoms with Crippen LogP contribution in [0.25, 0.3) is 0 Å². The average molecular weight is 313 g/mol. The number of benzene rings is 2. The summed E-state index contributed by atoms with van der Waals surface area (Å²) in [7, 11) is 0. The molecule has 0 atom stereocenters. The van der Waals surface area contributed by atoms with Crippen molar-refractivity contribution in [3.05, 3.63) is 71.3 Å². The zero-order chi connectivity index (χ0) is 15.7. The molecule has 2 rings (SSSR count). The molecule has 0 aliphatic carbocycles. The van der Waals surface area contributed by atoms with E-state index in [-0.39, 0.29) is 16.8 Å². The van der Waals surface area contributed by atoms with Crippen LogP contribution >= 0.6 is 11.6 Å². The van der Waals surface area contributed by atoms with Crippen molar-refractivity contribution in [3.8, 4) is 0 Å². The minimum atomic E-state index is -0.351. The molecule has 0 aromatic heterocycles. The molecular formula is C14H11ClF2N2O2. The molecule has 0 unspecified atom stereocenters. The molecule has 0 aliphatic heterocycles. The molecule has 0 saturated carbocycles. The maximum absolute atomic E-state index is 12.3. The van der Waals surface area contributed by atoms with Crippen LogP contribution in [0, 0.1) is 11.6 Å². The third-order valence-electron chi connectivity index (χ3n) is 2.25. The average Bonchev–Trinajstić information content (AvgIpc) is 2.50. The Labute approximate surface area is 124 Å². The first kappa shape index (κ1) is 16.6. The van der Waals surface area contributed by atoms with Gasteiger partial charge in [-0.1, -0.05) is 34.0 Å². The van der Waals surface area contributed by atoms with Crippen LogP contribution in [0.2, 0.25) is 0 Å². The molecule has 7 heteroatoms. The lowest BCUT2D eigenvalue weighted by Crippen LogP contribution is -1.89. The predicted molar refractivity (Wildman–Crippen MR) is 76.4 cm³/mol. The van der Waals surface area contributed by atoms with Crippen LogP contribution in [0.1, 0.15) is 11.1 Å². The van der Waals surface area contributed by atoms with Crippen molar-refractivity contribution in [1.82, 2.24) is 0 Å². The van der Waals surface area contributed by atoms with Gasteiger partial charge < -0.3 is 10.4 Å². The van der Waals surface area contributed by atoms with Gasteiger partial charge in [-0.3, -0.25) is 0 Å². The Morgan fingerprint density at radius 1 is 0.905 bits per heavy atom. The largest absolute Gasteiger partial charge is 0.411 e. The van der Waals surface area contributed by atoms with Crippen molar-refractivity contribution in [1.29, 1.82) is 0 Å². The molecule has 2 aromatic carbocycles. The van der Waals surface area contributed by atoms with E-state index >= 15 is 0 Å². The lowest BCUT2D eigenvalue weighted by molar-refractivity contribution is 0.320. The summed E-state index contributed by atoms with van der Waals surface area (Å²) in [5.74, 6) is -0.647. The topological polar surface area (TPSA) is 65.2 Å². The monoisotopic (exact) mass is 312 g/mol. The fraction of sp³-hybridized carbons (Fsp3) is 0. The van der Waals surface area contributed by atoms with E-state index in [4.69, 9.17) is 22.0 Å². The summed E-state index contributed by atoms with van der Waals surface area (Å²) in [4.78, 5) is 0. The maximum atomic E-state index is 12.3. The molecule has 0 amide bonds. The van der Waals surface area contributed by atoms with Crippen LogP contribution in [-0.4, -0.2) is 21.8 Å². The van der Waals surface area contributed by atoms with Gasteiger partial charge in [-0.2, -0.15) is 0 Å². The Hall–Kier alpha value is -2.47. The van der Waals surface area contributed by atoms with Gasteiger partial charge in [-0.05, 0) is 42.0 Å². The van der Waals surface area contributed by atoms with Gasteiger partial charge >= 0.3 is 0 Å². The van der Waals surface area contributed by atoms with Crippen molar-refractivity contribution in [2.75, 3.05) is 0 Å². The molecular weight excluding hydrogens is 302 g/mol. The highest BCUT2D eigenvalue weighted by atomic mass is 35.5. The summed E-state index contributed by atoms with van der Waals surface area (Å²) < 4.78 is 24.5. The van der Waals surface area contributed by atoms with E-state index in [1.165, 1.54) is 54.7 Å². The molecule has 21 heavy (non-hydrogen) atoms. The highest BCUT2D eigenvalue weighted by Gasteiger charge is 1.98. The molecule has 0 aliphatic rings. The molecule has 0 saturated heterocycles. The quantitative estimate of drug-likeness (QED) is 0.503. The van der Waals surface area contributed by atoms with Gasteiger partial charge in [0.15, 0.2) is 5.17 Å². The van der Waals surface area contributed by atoms with E-state index in [0.717, 1.165) is 0 Å². The molecule has 0 bridgehead atoms. The van der Waals surface area contributed by atoms with E-state index in [1.807, 2.05) is 0 Å². The van der Waals surface area contributed by atoms with Crippen LogP contribution in [0.3, 0.4) is 0 Å². The maximum Gasteiger partial charge on any atom is 0.175 e. The smallest absolute Gasteiger partial charge is 0.175 e. The van der Waals surface area contributed by atoms with Gasteiger partial charge in [0.2, 0.25) is 0 Å². The fourth-order valence-electron chi connectivity index (χ4n) is 1.26. The van der Waals surface area contributed by atoms with Crippen LogP contribution in [0.4, 0.5) is 8.78 Å². The Kier molecular flexibility index (Phi) is 6.83. The second-order valence-corrected chi connectivity index (χ2v) is 4.05. The molecule has 0 spiro atoms. The standard InChI is InChI=1S/C7H5ClFNO.C7H6FNO/c8-7(10-11)5-1-3-6(9)4-2-5;8-7-3-1-6(2-4-7)5-9-10/h1-4,11H;1-5,10H/b10-7-;9-5+. The Bertz CT molecular complexity index is 614. The van der Waals surface area contributed by atoms with Gasteiger partial charge in [0.25, 0.3) is 0 Å². The lowest BCUT2D eigenvalue weighted by atomic mass is 10.2. The van der Waals surface area contributed by atoms with Crippen molar-refractivity contribution in [2.24, 2.45) is 10.3 Å². The second-order valence-electron chi connectivity index (χ2n) is 3.69. The number of hydrogen-bond acceptors (Lipinski definition) is 4. The minimum Gasteiger partial charge on any atom is -0.411 e. The van der Waals surface area contributed by atoms with Crippen LogP contribution in [0.15, 0.2) is 58.8 Å². The number of rotatable bonds is 2. The molecule has 0 fully saturated rings. The van der Waals surface area contributed by atoms with E-state index < -0.39 is 0 Å². The second kappa shape index (κ2) is 8.65. The number of nitrogens with zero attached hydrogens (tertiary/aromatic N) is 2. The summed E-state index contributed by atoms with van der Waals surface area (Å²) >= 11 is 5.42. The van der Waals surface area contributed by atoms with Crippen molar-refractivity contribution >= 4 is 23.0 Å². The zero-order valence-corrected chi connectivity index (χ0v) is 11.4. The SMILES string of the molecule is O/N=C(\Cl)c1ccc(F)cc1.O/N=C/c1ccc(F)cc1. The molecule has 2 N–H and O–H groups in total. The summed E-state index contributed by atoms with van der Waals surface area (Å²) in [6.07, 6.45) is 1.24. The predicted octanol–water partition coefficient (Wildman–Crippen LogP) is 3.83. The van der Waals surface area contributed by atoms with Gasteiger partial charge in [0.1, 0.15) is 11.6 Å². The van der Waals surface area contributed by atoms with E-state index in [2.05, 4.69) is 10.3 Å². The van der Waals surface area contributed by atoms with Crippen molar-refractivity contribution in [3.63, 3.8) is 0 Å². The zero-order valence-electron chi connectivity index (χ0n) is 10.6. The highest BCUT2D eigenvalue weighted by Crippen LogP contribution is 2.06. The first-order valence-corrected chi connectivity index (χ1v) is 6.01. The van der Waals surface area contributed by atoms with Crippen LogP contribution in [0.5, 0.6) is 0 Å². The normalized spacial score (nSPS) is 11.1.